The van der Waals surface area contributed by atoms with E-state index in [1.54, 1.807) is 0 Å². The van der Waals surface area contributed by atoms with Crippen LogP contribution in [0.5, 0.6) is 5.75 Å². The standard InChI is InChI=1S/C24H29NO6S/c26-23-9-20(12-25-10-18-3-1-2-4-19(18)11-25)30-16-24(23)31-13-17-5-7-21(8-6-17)32(27,28)22-14-29-15-22/h1-4,9,16-17,21-22H,5-8,10-15H2. The lowest BCUT2D eigenvalue weighted by Crippen LogP contribution is -2.46. The van der Waals surface area contributed by atoms with E-state index in [0.717, 1.165) is 25.9 Å². The molecule has 3 heterocycles. The van der Waals surface area contributed by atoms with Crippen molar-refractivity contribution in [2.24, 2.45) is 5.92 Å². The van der Waals surface area contributed by atoms with Crippen LogP contribution in [0, 0.1) is 5.92 Å². The van der Waals surface area contributed by atoms with Gasteiger partial charge in [-0.15, -0.1) is 0 Å². The molecule has 1 saturated carbocycles. The molecule has 3 aliphatic rings. The Hall–Kier alpha value is -2.16. The molecule has 2 aromatic rings. The molecule has 2 fully saturated rings. The topological polar surface area (TPSA) is 86.1 Å². The summed E-state index contributed by atoms with van der Waals surface area (Å²) >= 11 is 0. The van der Waals surface area contributed by atoms with E-state index < -0.39 is 9.84 Å². The zero-order chi connectivity index (χ0) is 22.1. The van der Waals surface area contributed by atoms with E-state index in [1.807, 2.05) is 12.1 Å². The van der Waals surface area contributed by atoms with Crippen molar-refractivity contribution in [1.82, 2.24) is 4.90 Å². The van der Waals surface area contributed by atoms with Crippen LogP contribution in [-0.4, -0.2) is 43.6 Å². The molecule has 0 amide bonds. The lowest BCUT2D eigenvalue weighted by molar-refractivity contribution is 0.0409. The van der Waals surface area contributed by atoms with Gasteiger partial charge in [-0.05, 0) is 42.7 Å². The van der Waals surface area contributed by atoms with Gasteiger partial charge in [-0.2, -0.15) is 0 Å². The maximum Gasteiger partial charge on any atom is 0.227 e. The van der Waals surface area contributed by atoms with Crippen LogP contribution in [0.4, 0.5) is 0 Å². The fourth-order valence-corrected chi connectivity index (χ4v) is 6.92. The molecule has 7 nitrogen and oxygen atoms in total. The van der Waals surface area contributed by atoms with E-state index >= 15 is 0 Å². The van der Waals surface area contributed by atoms with Crippen molar-refractivity contribution < 1.29 is 22.3 Å². The molecule has 172 valence electrons. The first-order chi connectivity index (χ1) is 15.5. The van der Waals surface area contributed by atoms with Crippen LogP contribution in [0.25, 0.3) is 0 Å². The largest absolute Gasteiger partial charge is 0.486 e. The van der Waals surface area contributed by atoms with E-state index in [-0.39, 0.29) is 27.6 Å². The van der Waals surface area contributed by atoms with E-state index in [0.29, 0.717) is 45.0 Å². The third kappa shape index (κ3) is 4.49. The second-order valence-corrected chi connectivity index (χ2v) is 11.7. The molecule has 1 saturated heterocycles. The normalized spacial score (nSPS) is 24.1. The molecular formula is C24H29NO6S. The first-order valence-electron chi connectivity index (χ1n) is 11.3. The lowest BCUT2D eigenvalue weighted by atomic mass is 9.89. The predicted molar refractivity (Wildman–Crippen MR) is 119 cm³/mol. The molecule has 2 aliphatic heterocycles. The number of rotatable bonds is 7. The maximum absolute atomic E-state index is 12.5. The highest BCUT2D eigenvalue weighted by Crippen LogP contribution is 2.32. The SMILES string of the molecule is O=c1cc(CN2Cc3ccccc3C2)occ1OCC1CCC(S(=O)(=O)C2COC2)CC1. The first-order valence-corrected chi connectivity index (χ1v) is 12.9. The molecule has 0 N–H and O–H groups in total. The van der Waals surface area contributed by atoms with Gasteiger partial charge in [0.1, 0.15) is 17.3 Å². The van der Waals surface area contributed by atoms with Crippen molar-refractivity contribution in [3.63, 3.8) is 0 Å². The number of fused-ring (bicyclic) bond motifs is 1. The van der Waals surface area contributed by atoms with Gasteiger partial charge >= 0.3 is 0 Å². The average molecular weight is 460 g/mol. The van der Waals surface area contributed by atoms with Crippen LogP contribution < -0.4 is 10.2 Å². The van der Waals surface area contributed by atoms with Crippen molar-refractivity contribution in [2.45, 2.75) is 55.8 Å². The number of benzene rings is 1. The Balaban J connectivity index is 1.11. The minimum Gasteiger partial charge on any atom is -0.486 e. The van der Waals surface area contributed by atoms with Crippen molar-refractivity contribution >= 4 is 9.84 Å². The summed E-state index contributed by atoms with van der Waals surface area (Å²) in [6, 6.07) is 9.87. The van der Waals surface area contributed by atoms with Gasteiger partial charge < -0.3 is 13.9 Å². The number of sulfone groups is 1. The van der Waals surface area contributed by atoms with Crippen LogP contribution >= 0.6 is 0 Å². The monoisotopic (exact) mass is 459 g/mol. The zero-order valence-electron chi connectivity index (χ0n) is 18.1. The summed E-state index contributed by atoms with van der Waals surface area (Å²) < 4.78 is 41.6. The predicted octanol–water partition coefficient (Wildman–Crippen LogP) is 2.91. The number of ether oxygens (including phenoxy) is 2. The summed E-state index contributed by atoms with van der Waals surface area (Å²) in [6.07, 6.45) is 4.29. The summed E-state index contributed by atoms with van der Waals surface area (Å²) in [5.41, 5.74) is 2.46. The van der Waals surface area contributed by atoms with Gasteiger partial charge in [-0.25, -0.2) is 8.42 Å². The quantitative estimate of drug-likeness (QED) is 0.629. The van der Waals surface area contributed by atoms with Crippen molar-refractivity contribution in [2.75, 3.05) is 19.8 Å². The second-order valence-electron chi connectivity index (χ2n) is 9.19. The summed E-state index contributed by atoms with van der Waals surface area (Å²) in [7, 11) is -3.09. The Morgan fingerprint density at radius 3 is 2.28 bits per heavy atom. The van der Waals surface area contributed by atoms with E-state index in [9.17, 15) is 13.2 Å². The van der Waals surface area contributed by atoms with Gasteiger partial charge in [0.2, 0.25) is 11.2 Å². The summed E-state index contributed by atoms with van der Waals surface area (Å²) in [5, 5.41) is -0.591. The van der Waals surface area contributed by atoms with Crippen molar-refractivity contribution in [3.8, 4) is 5.75 Å². The number of nitrogens with zero attached hydrogens (tertiary/aromatic N) is 1. The lowest BCUT2D eigenvalue weighted by Gasteiger charge is -2.33. The van der Waals surface area contributed by atoms with Gasteiger partial charge in [0.15, 0.2) is 9.84 Å². The molecule has 0 unspecified atom stereocenters. The highest BCUT2D eigenvalue weighted by Gasteiger charge is 2.40. The Labute approximate surface area is 188 Å². The molecule has 0 atom stereocenters. The molecule has 0 radical (unpaired) electrons. The van der Waals surface area contributed by atoms with Gasteiger partial charge in [0.25, 0.3) is 0 Å². The molecule has 1 aromatic carbocycles. The van der Waals surface area contributed by atoms with Crippen LogP contribution in [0.15, 0.2) is 45.8 Å². The Kier molecular flexibility index (Phi) is 6.09. The third-order valence-corrected chi connectivity index (χ3v) is 9.55. The van der Waals surface area contributed by atoms with Gasteiger partial charge in [0.05, 0.1) is 31.6 Å². The Bertz CT molecular complexity index is 1090. The fraction of sp³-hybridized carbons (Fsp3) is 0.542. The summed E-state index contributed by atoms with van der Waals surface area (Å²) in [5.74, 6) is 1.10. The van der Waals surface area contributed by atoms with Gasteiger partial charge in [0, 0.05) is 19.2 Å². The average Bonchev–Trinajstić information content (AvgIpc) is 3.14. The Morgan fingerprint density at radius 1 is 1.00 bits per heavy atom. The highest BCUT2D eigenvalue weighted by atomic mass is 32.2. The molecule has 0 bridgehead atoms. The number of hydrogen-bond acceptors (Lipinski definition) is 7. The minimum absolute atomic E-state index is 0.177. The molecule has 0 spiro atoms. The molecule has 8 heteroatoms. The van der Waals surface area contributed by atoms with E-state index in [2.05, 4.69) is 17.0 Å². The second kappa shape index (κ2) is 9.00. The zero-order valence-corrected chi connectivity index (χ0v) is 18.9. The van der Waals surface area contributed by atoms with Crippen LogP contribution in [-0.2, 0) is 34.2 Å². The van der Waals surface area contributed by atoms with Gasteiger partial charge in [-0.3, -0.25) is 9.69 Å². The molecular weight excluding hydrogens is 430 g/mol. The van der Waals surface area contributed by atoms with Crippen LogP contribution in [0.1, 0.15) is 42.6 Å². The molecule has 1 aromatic heterocycles. The Morgan fingerprint density at radius 2 is 1.69 bits per heavy atom. The molecule has 1 aliphatic carbocycles. The van der Waals surface area contributed by atoms with Crippen LogP contribution in [0.2, 0.25) is 0 Å². The van der Waals surface area contributed by atoms with E-state index in [1.165, 1.54) is 23.5 Å². The van der Waals surface area contributed by atoms with Crippen LogP contribution in [0.3, 0.4) is 0 Å². The van der Waals surface area contributed by atoms with Crippen molar-refractivity contribution in [3.05, 3.63) is 63.7 Å². The summed E-state index contributed by atoms with van der Waals surface area (Å²) in [4.78, 5) is 14.7. The first kappa shape index (κ1) is 21.7. The third-order valence-electron chi connectivity index (χ3n) is 6.94. The van der Waals surface area contributed by atoms with Gasteiger partial charge in [-0.1, -0.05) is 24.3 Å². The minimum atomic E-state index is -3.09. The maximum atomic E-state index is 12.5. The molecule has 32 heavy (non-hydrogen) atoms. The van der Waals surface area contributed by atoms with E-state index in [4.69, 9.17) is 13.9 Å². The van der Waals surface area contributed by atoms with Crippen molar-refractivity contribution in [1.29, 1.82) is 0 Å². The number of hydrogen-bond donors (Lipinski definition) is 0. The smallest absolute Gasteiger partial charge is 0.227 e. The summed E-state index contributed by atoms with van der Waals surface area (Å²) in [6.45, 7) is 3.36. The highest BCUT2D eigenvalue weighted by molar-refractivity contribution is 7.92. The fourth-order valence-electron chi connectivity index (χ4n) is 4.87. The molecule has 5 rings (SSSR count).